The van der Waals surface area contributed by atoms with Crippen molar-refractivity contribution in [1.29, 1.82) is 0 Å². The van der Waals surface area contributed by atoms with Gasteiger partial charge in [0.05, 0.1) is 6.17 Å². The number of hydrazine groups is 1. The van der Waals surface area contributed by atoms with Crippen molar-refractivity contribution in [3.05, 3.63) is 71.3 Å². The van der Waals surface area contributed by atoms with Gasteiger partial charge in [0.25, 0.3) is 5.91 Å². The fraction of sp³-hybridized carbons (Fsp3) is 0.409. The first-order chi connectivity index (χ1) is 13.2. The molecule has 0 spiro atoms. The molecule has 2 atom stereocenters. The largest absolute Gasteiger partial charge is 0.349 e. The highest BCUT2D eigenvalue weighted by Gasteiger charge is 2.32. The normalized spacial score (nSPS) is 24.0. The van der Waals surface area contributed by atoms with E-state index in [-0.39, 0.29) is 11.9 Å². The molecule has 2 saturated heterocycles. The van der Waals surface area contributed by atoms with Crippen LogP contribution in [0.2, 0.25) is 0 Å². The Labute approximate surface area is 161 Å². The predicted octanol–water partition coefficient (Wildman–Crippen LogP) is 2.75. The summed E-state index contributed by atoms with van der Waals surface area (Å²) >= 11 is 0. The third kappa shape index (κ3) is 4.21. The molecule has 3 N–H and O–H groups in total. The van der Waals surface area contributed by atoms with Crippen LogP contribution in [-0.4, -0.2) is 36.1 Å². The number of amides is 1. The van der Waals surface area contributed by atoms with Crippen molar-refractivity contribution >= 4 is 5.91 Å². The molecular weight excluding hydrogens is 336 g/mol. The first-order valence-corrected chi connectivity index (χ1v) is 9.87. The number of nitrogens with one attached hydrogen (secondary N) is 3. The maximum Gasteiger partial charge on any atom is 0.251 e. The van der Waals surface area contributed by atoms with Crippen molar-refractivity contribution in [2.75, 3.05) is 13.1 Å². The number of benzene rings is 2. The highest BCUT2D eigenvalue weighted by molar-refractivity contribution is 5.95. The van der Waals surface area contributed by atoms with E-state index in [0.717, 1.165) is 43.5 Å². The summed E-state index contributed by atoms with van der Waals surface area (Å²) in [7, 11) is 0. The van der Waals surface area contributed by atoms with E-state index in [1.165, 1.54) is 5.56 Å². The second-order valence-corrected chi connectivity index (χ2v) is 7.60. The minimum atomic E-state index is 0.0522. The van der Waals surface area contributed by atoms with Gasteiger partial charge in [0.15, 0.2) is 0 Å². The van der Waals surface area contributed by atoms with Crippen molar-refractivity contribution in [2.45, 2.75) is 44.4 Å². The summed E-state index contributed by atoms with van der Waals surface area (Å²) in [5.74, 6) is 0.0522. The van der Waals surface area contributed by atoms with Gasteiger partial charge < -0.3 is 5.32 Å². The number of piperidine rings is 1. The maximum absolute atomic E-state index is 12.5. The van der Waals surface area contributed by atoms with Crippen LogP contribution in [0.25, 0.3) is 0 Å². The van der Waals surface area contributed by atoms with Crippen LogP contribution in [0, 0.1) is 6.92 Å². The van der Waals surface area contributed by atoms with E-state index < -0.39 is 0 Å². The molecule has 0 radical (unpaired) electrons. The summed E-state index contributed by atoms with van der Waals surface area (Å²) in [5, 5.41) is 3.22. The first-order valence-electron chi connectivity index (χ1n) is 9.87. The molecule has 0 saturated carbocycles. The first kappa shape index (κ1) is 18.2. The zero-order chi connectivity index (χ0) is 18.6. The van der Waals surface area contributed by atoms with Crippen LogP contribution in [0.3, 0.4) is 0 Å². The molecule has 0 aliphatic carbocycles. The number of hydrogen-bond acceptors (Lipinski definition) is 4. The quantitative estimate of drug-likeness (QED) is 0.781. The smallest absolute Gasteiger partial charge is 0.251 e. The van der Waals surface area contributed by atoms with Gasteiger partial charge >= 0.3 is 0 Å². The van der Waals surface area contributed by atoms with Gasteiger partial charge in [0.2, 0.25) is 0 Å². The Bertz CT molecular complexity index is 771. The standard InChI is InChI=1S/C22H28N4O/c1-16-7-5-6-10-19(16)22(27)23-18-11-13-26(14-12-18)21-15-20(24-25-21)17-8-3-2-4-9-17/h2-10,18,20-21,24-25H,11-15H2,1H3,(H,23,27). The number of carbonyl (C=O) groups is 1. The molecule has 142 valence electrons. The van der Waals surface area contributed by atoms with Gasteiger partial charge in [-0.1, -0.05) is 48.5 Å². The number of aryl methyl sites for hydroxylation is 1. The third-order valence-corrected chi connectivity index (χ3v) is 5.78. The van der Waals surface area contributed by atoms with Crippen LogP contribution in [0.1, 0.15) is 46.8 Å². The van der Waals surface area contributed by atoms with Crippen LogP contribution in [-0.2, 0) is 0 Å². The summed E-state index contributed by atoms with van der Waals surface area (Å²) in [6, 6.07) is 19.0. The van der Waals surface area contributed by atoms with Gasteiger partial charge in [0.1, 0.15) is 0 Å². The molecule has 5 nitrogen and oxygen atoms in total. The molecular formula is C22H28N4O. The van der Waals surface area contributed by atoms with E-state index in [2.05, 4.69) is 51.4 Å². The molecule has 2 heterocycles. The van der Waals surface area contributed by atoms with Crippen molar-refractivity contribution in [1.82, 2.24) is 21.1 Å². The number of rotatable bonds is 4. The highest BCUT2D eigenvalue weighted by Crippen LogP contribution is 2.25. The van der Waals surface area contributed by atoms with E-state index in [1.54, 1.807) is 0 Å². The van der Waals surface area contributed by atoms with Crippen molar-refractivity contribution < 1.29 is 4.79 Å². The van der Waals surface area contributed by atoms with Crippen molar-refractivity contribution in [2.24, 2.45) is 0 Å². The molecule has 0 bridgehead atoms. The lowest BCUT2D eigenvalue weighted by molar-refractivity contribution is 0.0879. The molecule has 4 rings (SSSR count). The Hall–Kier alpha value is -2.21. The zero-order valence-electron chi connectivity index (χ0n) is 15.8. The predicted molar refractivity (Wildman–Crippen MR) is 107 cm³/mol. The molecule has 1 amide bonds. The second kappa shape index (κ2) is 8.21. The summed E-state index contributed by atoms with van der Waals surface area (Å²) < 4.78 is 0. The van der Waals surface area contributed by atoms with Gasteiger partial charge in [-0.15, -0.1) is 0 Å². The SMILES string of the molecule is Cc1ccccc1C(=O)NC1CCN(C2CC(c3ccccc3)NN2)CC1. The van der Waals surface area contributed by atoms with Gasteiger partial charge in [0, 0.05) is 30.7 Å². The van der Waals surface area contributed by atoms with Gasteiger partial charge in [-0.2, -0.15) is 0 Å². The average Bonchev–Trinajstić information content (AvgIpc) is 3.20. The lowest BCUT2D eigenvalue weighted by Crippen LogP contribution is -2.51. The summed E-state index contributed by atoms with van der Waals surface area (Å²) in [5.41, 5.74) is 10.0. The zero-order valence-corrected chi connectivity index (χ0v) is 15.8. The lowest BCUT2D eigenvalue weighted by Gasteiger charge is -2.36. The summed E-state index contributed by atoms with van der Waals surface area (Å²) in [6.07, 6.45) is 3.39. The van der Waals surface area contributed by atoms with Crippen LogP contribution < -0.4 is 16.2 Å². The molecule has 2 aliphatic rings. The topological polar surface area (TPSA) is 56.4 Å². The number of nitrogens with zero attached hydrogens (tertiary/aromatic N) is 1. The molecule has 2 fully saturated rings. The monoisotopic (exact) mass is 364 g/mol. The minimum Gasteiger partial charge on any atom is -0.349 e. The van der Waals surface area contributed by atoms with Crippen LogP contribution in [0.4, 0.5) is 0 Å². The second-order valence-electron chi connectivity index (χ2n) is 7.60. The highest BCUT2D eigenvalue weighted by atomic mass is 16.1. The maximum atomic E-state index is 12.5. The fourth-order valence-corrected chi connectivity index (χ4v) is 4.13. The Balaban J connectivity index is 1.27. The molecule has 0 aromatic heterocycles. The van der Waals surface area contributed by atoms with Gasteiger partial charge in [-0.3, -0.25) is 9.69 Å². The van der Waals surface area contributed by atoms with E-state index in [0.29, 0.717) is 12.2 Å². The van der Waals surface area contributed by atoms with E-state index in [1.807, 2.05) is 31.2 Å². The number of carbonyl (C=O) groups excluding carboxylic acids is 1. The summed E-state index contributed by atoms with van der Waals surface area (Å²) in [4.78, 5) is 15.0. The van der Waals surface area contributed by atoms with Crippen LogP contribution >= 0.6 is 0 Å². The minimum absolute atomic E-state index is 0.0522. The van der Waals surface area contributed by atoms with Crippen LogP contribution in [0.5, 0.6) is 0 Å². The molecule has 2 aromatic carbocycles. The van der Waals surface area contributed by atoms with Gasteiger partial charge in [-0.25, -0.2) is 10.9 Å². The Morgan fingerprint density at radius 1 is 1.00 bits per heavy atom. The third-order valence-electron chi connectivity index (χ3n) is 5.78. The molecule has 5 heteroatoms. The summed E-state index contributed by atoms with van der Waals surface area (Å²) in [6.45, 7) is 3.98. The van der Waals surface area contributed by atoms with Gasteiger partial charge in [-0.05, 0) is 43.4 Å². The van der Waals surface area contributed by atoms with E-state index in [4.69, 9.17) is 0 Å². The molecule has 27 heavy (non-hydrogen) atoms. The van der Waals surface area contributed by atoms with E-state index in [9.17, 15) is 4.79 Å². The fourth-order valence-electron chi connectivity index (χ4n) is 4.13. The average molecular weight is 364 g/mol. The Morgan fingerprint density at radius 3 is 2.44 bits per heavy atom. The van der Waals surface area contributed by atoms with Crippen molar-refractivity contribution in [3.8, 4) is 0 Å². The Morgan fingerprint density at radius 2 is 1.70 bits per heavy atom. The van der Waals surface area contributed by atoms with E-state index >= 15 is 0 Å². The van der Waals surface area contributed by atoms with Crippen molar-refractivity contribution in [3.63, 3.8) is 0 Å². The molecule has 2 aliphatic heterocycles. The Kier molecular flexibility index (Phi) is 5.53. The number of likely N-dealkylation sites (tertiary alicyclic amines) is 1. The molecule has 2 unspecified atom stereocenters. The molecule has 2 aromatic rings. The van der Waals surface area contributed by atoms with Crippen LogP contribution in [0.15, 0.2) is 54.6 Å². The number of hydrogen-bond donors (Lipinski definition) is 3. The lowest BCUT2D eigenvalue weighted by atomic mass is 10.0.